The molecule has 0 aromatic rings. The molecule has 284 valence electrons. The van der Waals surface area contributed by atoms with Gasteiger partial charge in [-0.1, -0.05) is 132 Å². The van der Waals surface area contributed by atoms with Crippen molar-refractivity contribution >= 4 is 5.91 Å². The van der Waals surface area contributed by atoms with E-state index in [9.17, 15) is 15.0 Å². The number of nitrogens with one attached hydrogen (secondary N) is 1. The number of hydrogen-bond acceptors (Lipinski definition) is 5. The van der Waals surface area contributed by atoms with E-state index in [0.29, 0.717) is 26.0 Å². The molecule has 2 unspecified atom stereocenters. The van der Waals surface area contributed by atoms with Gasteiger partial charge >= 0.3 is 0 Å². The molecule has 0 saturated heterocycles. The average molecular weight is 688 g/mol. The molecule has 0 aliphatic heterocycles. The molecule has 0 heterocycles. The quantitative estimate of drug-likeness (QED) is 0.0385. The number of aliphatic hydroxyl groups excluding tert-OH is 3. The van der Waals surface area contributed by atoms with E-state index in [4.69, 9.17) is 9.84 Å². The van der Waals surface area contributed by atoms with Crippen LogP contribution in [-0.2, 0) is 9.53 Å². The number of carbonyl (C=O) groups is 1. The molecule has 0 aromatic carbocycles. The van der Waals surface area contributed by atoms with Gasteiger partial charge in [0.15, 0.2) is 0 Å². The highest BCUT2D eigenvalue weighted by atomic mass is 16.5. The fourth-order valence-corrected chi connectivity index (χ4v) is 5.55. The van der Waals surface area contributed by atoms with Gasteiger partial charge in [-0.3, -0.25) is 4.79 Å². The Balaban J connectivity index is 3.57. The summed E-state index contributed by atoms with van der Waals surface area (Å²) in [4.78, 5) is 11.5. The van der Waals surface area contributed by atoms with E-state index >= 15 is 0 Å². The lowest BCUT2D eigenvalue weighted by atomic mass is 10.0. The largest absolute Gasteiger partial charge is 0.395 e. The van der Waals surface area contributed by atoms with Crippen LogP contribution in [0.2, 0.25) is 0 Å². The minimum atomic E-state index is -0.590. The minimum Gasteiger partial charge on any atom is -0.395 e. The zero-order valence-corrected chi connectivity index (χ0v) is 31.6. The van der Waals surface area contributed by atoms with Gasteiger partial charge in [0.05, 0.1) is 19.3 Å². The Hall–Kier alpha value is -1.99. The van der Waals surface area contributed by atoms with E-state index in [1.165, 1.54) is 70.6 Å². The van der Waals surface area contributed by atoms with Crippen LogP contribution in [0.3, 0.4) is 0 Å². The van der Waals surface area contributed by atoms with Gasteiger partial charge in [0.2, 0.25) is 5.91 Å². The van der Waals surface area contributed by atoms with Crippen LogP contribution >= 0.6 is 0 Å². The molecular formula is C43H77NO5. The van der Waals surface area contributed by atoms with Crippen LogP contribution in [-0.4, -0.2) is 59.8 Å². The summed E-state index contributed by atoms with van der Waals surface area (Å²) < 4.78 is 5.81. The van der Waals surface area contributed by atoms with Gasteiger partial charge in [0.1, 0.15) is 6.10 Å². The molecule has 0 aliphatic carbocycles. The van der Waals surface area contributed by atoms with Crippen LogP contribution < -0.4 is 5.32 Å². The standard InChI is InChI=1S/C43H77NO5/c1-2-3-4-5-6-7-8-9-10-11-12-16-19-22-25-28-31-34-39-49-42(40-46)41(47)35-32-29-26-23-20-17-14-13-15-18-21-24-27-30-33-36-43(48)44-37-38-45/h6-7,9-10,12-13,15-16,22,25,41-42,45-47H,2-5,8,11,14,17-21,23-24,26-40H2,1H3,(H,44,48). The molecule has 6 nitrogen and oxygen atoms in total. The molecule has 0 saturated carbocycles. The molecule has 0 bridgehead atoms. The first-order valence-corrected chi connectivity index (χ1v) is 20.2. The second-order valence-corrected chi connectivity index (χ2v) is 13.3. The number of amides is 1. The van der Waals surface area contributed by atoms with E-state index in [2.05, 4.69) is 73.0 Å². The van der Waals surface area contributed by atoms with Gasteiger partial charge in [0, 0.05) is 19.6 Å². The van der Waals surface area contributed by atoms with Gasteiger partial charge in [-0.15, -0.1) is 0 Å². The van der Waals surface area contributed by atoms with Crippen molar-refractivity contribution in [2.75, 3.05) is 26.4 Å². The molecular weight excluding hydrogens is 610 g/mol. The SMILES string of the molecule is CCCCCC=CCC=CCC=CCC=CCCCCOC(CO)C(O)CCCCCCCCC=CCCCCCCCC(=O)NCCO. The average Bonchev–Trinajstić information content (AvgIpc) is 3.11. The molecule has 49 heavy (non-hydrogen) atoms. The summed E-state index contributed by atoms with van der Waals surface area (Å²) in [5.41, 5.74) is 0. The third kappa shape index (κ3) is 37.1. The number of carbonyl (C=O) groups excluding carboxylic acids is 1. The van der Waals surface area contributed by atoms with Gasteiger partial charge in [-0.25, -0.2) is 0 Å². The molecule has 0 radical (unpaired) electrons. The highest BCUT2D eigenvalue weighted by Crippen LogP contribution is 2.14. The second kappa shape index (κ2) is 40.4. The molecule has 6 heteroatoms. The van der Waals surface area contributed by atoms with Crippen molar-refractivity contribution in [3.05, 3.63) is 60.8 Å². The molecule has 2 atom stereocenters. The number of hydrogen-bond donors (Lipinski definition) is 4. The van der Waals surface area contributed by atoms with Crippen LogP contribution in [0, 0.1) is 0 Å². The van der Waals surface area contributed by atoms with Gasteiger partial charge in [-0.05, 0) is 89.9 Å². The predicted molar refractivity (Wildman–Crippen MR) is 210 cm³/mol. The number of allylic oxidation sites excluding steroid dienone is 10. The van der Waals surface area contributed by atoms with Crippen molar-refractivity contribution in [1.29, 1.82) is 0 Å². The van der Waals surface area contributed by atoms with Crippen LogP contribution in [0.1, 0.15) is 167 Å². The monoisotopic (exact) mass is 688 g/mol. The molecule has 0 fully saturated rings. The lowest BCUT2D eigenvalue weighted by Crippen LogP contribution is -2.32. The van der Waals surface area contributed by atoms with Crippen LogP contribution in [0.4, 0.5) is 0 Å². The fourth-order valence-electron chi connectivity index (χ4n) is 5.55. The first-order chi connectivity index (χ1) is 24.2. The maximum Gasteiger partial charge on any atom is 0.220 e. The highest BCUT2D eigenvalue weighted by molar-refractivity contribution is 5.75. The Bertz CT molecular complexity index is 834. The number of rotatable bonds is 37. The number of unbranched alkanes of at least 4 members (excludes halogenated alkanes) is 16. The van der Waals surface area contributed by atoms with Crippen molar-refractivity contribution in [2.24, 2.45) is 0 Å². The highest BCUT2D eigenvalue weighted by Gasteiger charge is 2.18. The Morgan fingerprint density at radius 2 is 1.04 bits per heavy atom. The first-order valence-electron chi connectivity index (χ1n) is 20.2. The van der Waals surface area contributed by atoms with Gasteiger partial charge < -0.3 is 25.4 Å². The Morgan fingerprint density at radius 3 is 1.57 bits per heavy atom. The molecule has 0 aliphatic rings. The zero-order valence-electron chi connectivity index (χ0n) is 31.6. The molecule has 0 spiro atoms. The maximum absolute atomic E-state index is 11.5. The Labute approximate surface area is 302 Å². The third-order valence-electron chi connectivity index (χ3n) is 8.66. The topological polar surface area (TPSA) is 99.0 Å². The minimum absolute atomic E-state index is 0.00470. The van der Waals surface area contributed by atoms with E-state index in [1.54, 1.807) is 0 Å². The van der Waals surface area contributed by atoms with E-state index in [0.717, 1.165) is 77.0 Å². The van der Waals surface area contributed by atoms with Crippen molar-refractivity contribution in [3.8, 4) is 0 Å². The van der Waals surface area contributed by atoms with Crippen LogP contribution in [0.5, 0.6) is 0 Å². The van der Waals surface area contributed by atoms with Gasteiger partial charge in [-0.2, -0.15) is 0 Å². The molecule has 0 rings (SSSR count). The third-order valence-corrected chi connectivity index (χ3v) is 8.66. The van der Waals surface area contributed by atoms with E-state index < -0.39 is 12.2 Å². The molecule has 0 aromatic heterocycles. The number of aliphatic hydroxyl groups is 3. The normalized spacial score (nSPS) is 13.6. The summed E-state index contributed by atoms with van der Waals surface area (Å²) in [5.74, 6) is 0.0452. The maximum atomic E-state index is 11.5. The Kier molecular flexibility index (Phi) is 38.8. The van der Waals surface area contributed by atoms with Crippen LogP contribution in [0.25, 0.3) is 0 Å². The molecule has 4 N–H and O–H groups in total. The predicted octanol–water partition coefficient (Wildman–Crippen LogP) is 10.4. The van der Waals surface area contributed by atoms with Gasteiger partial charge in [0.25, 0.3) is 0 Å². The lowest BCUT2D eigenvalue weighted by Gasteiger charge is -2.21. The van der Waals surface area contributed by atoms with Crippen molar-refractivity contribution < 1.29 is 24.9 Å². The van der Waals surface area contributed by atoms with Crippen molar-refractivity contribution in [3.63, 3.8) is 0 Å². The smallest absolute Gasteiger partial charge is 0.220 e. The summed E-state index contributed by atoms with van der Waals surface area (Å²) in [6.07, 6.45) is 48.9. The lowest BCUT2D eigenvalue weighted by molar-refractivity contribution is -0.121. The van der Waals surface area contributed by atoms with Crippen molar-refractivity contribution in [1.82, 2.24) is 5.32 Å². The number of ether oxygens (including phenoxy) is 1. The summed E-state index contributed by atoms with van der Waals surface area (Å²) in [7, 11) is 0. The van der Waals surface area contributed by atoms with E-state index in [-0.39, 0.29) is 19.1 Å². The first kappa shape index (κ1) is 47.0. The van der Waals surface area contributed by atoms with Crippen LogP contribution in [0.15, 0.2) is 60.8 Å². The molecule has 1 amide bonds. The fraction of sp³-hybridized carbons (Fsp3) is 0.744. The summed E-state index contributed by atoms with van der Waals surface area (Å²) in [5, 5.41) is 31.6. The summed E-state index contributed by atoms with van der Waals surface area (Å²) in [6, 6.07) is 0. The van der Waals surface area contributed by atoms with E-state index in [1.807, 2.05) is 0 Å². The van der Waals surface area contributed by atoms with Crippen molar-refractivity contribution in [2.45, 2.75) is 180 Å². The summed E-state index contributed by atoms with van der Waals surface area (Å²) in [6.45, 7) is 3.06. The Morgan fingerprint density at radius 1 is 0.592 bits per heavy atom. The second-order valence-electron chi connectivity index (χ2n) is 13.3. The zero-order chi connectivity index (χ0) is 35.7. The summed E-state index contributed by atoms with van der Waals surface area (Å²) >= 11 is 0.